The van der Waals surface area contributed by atoms with Gasteiger partial charge in [-0.05, 0) is 56.0 Å². The minimum Gasteiger partial charge on any atom is -0.338 e. The molecule has 148 valence electrons. The molecule has 0 aliphatic heterocycles. The Morgan fingerprint density at radius 3 is 2.38 bits per heavy atom. The van der Waals surface area contributed by atoms with Gasteiger partial charge < -0.3 is 4.57 Å². The number of benzene rings is 2. The highest BCUT2D eigenvalue weighted by Crippen LogP contribution is 2.33. The summed E-state index contributed by atoms with van der Waals surface area (Å²) in [5, 5.41) is 1.28. The van der Waals surface area contributed by atoms with Gasteiger partial charge in [-0.1, -0.05) is 60.7 Å². The Kier molecular flexibility index (Phi) is 5.95. The number of halogens is 1. The summed E-state index contributed by atoms with van der Waals surface area (Å²) in [6.45, 7) is 13.5. The normalized spacial score (nSPS) is 10.8. The number of hydrogen-bond donors (Lipinski definition) is 0. The van der Waals surface area contributed by atoms with E-state index in [-0.39, 0.29) is 12.4 Å². The first kappa shape index (κ1) is 20.9. The average molecular weight is 403 g/mol. The minimum atomic E-state index is 0. The largest absolute Gasteiger partial charge is 0.338 e. The molecule has 0 aliphatic carbocycles. The van der Waals surface area contributed by atoms with Crippen LogP contribution in [-0.2, 0) is 6.54 Å². The van der Waals surface area contributed by atoms with E-state index >= 15 is 0 Å². The molecule has 0 saturated heterocycles. The van der Waals surface area contributed by atoms with Gasteiger partial charge in [0.05, 0.1) is 11.2 Å². The fourth-order valence-electron chi connectivity index (χ4n) is 3.92. The second kappa shape index (κ2) is 8.26. The predicted octanol–water partition coefficient (Wildman–Crippen LogP) is 7.05. The van der Waals surface area contributed by atoms with Crippen molar-refractivity contribution in [1.29, 1.82) is 0 Å². The van der Waals surface area contributed by atoms with Crippen LogP contribution in [0.25, 0.3) is 28.2 Å². The molecule has 4 rings (SSSR count). The zero-order chi connectivity index (χ0) is 19.8. The standard InChI is InChI=1S/C26H26N2.ClH/c1-6-21-9-11-22(12-10-21)25-26-24(13-14-27-25)19(4)20(5)28(26)16-23-15-17(2)7-8-18(23)3;/h6-15H,1,16H2,2-5H3;1H. The highest BCUT2D eigenvalue weighted by atomic mass is 35.5. The molecular weight excluding hydrogens is 376 g/mol. The van der Waals surface area contributed by atoms with Crippen LogP contribution in [0.2, 0.25) is 0 Å². The highest BCUT2D eigenvalue weighted by molar-refractivity contribution is 5.95. The SMILES string of the molecule is C=Cc1ccc(-c2nccc3c(C)c(C)n(Cc4cc(C)ccc4C)c23)cc1.Cl. The Balaban J connectivity index is 0.00000240. The smallest absolute Gasteiger partial charge is 0.0945 e. The molecule has 29 heavy (non-hydrogen) atoms. The number of pyridine rings is 1. The predicted molar refractivity (Wildman–Crippen MR) is 127 cm³/mol. The van der Waals surface area contributed by atoms with Crippen LogP contribution in [0, 0.1) is 27.7 Å². The average Bonchev–Trinajstić information content (AvgIpc) is 2.96. The van der Waals surface area contributed by atoms with E-state index in [4.69, 9.17) is 4.98 Å². The molecule has 0 radical (unpaired) electrons. The van der Waals surface area contributed by atoms with Gasteiger partial charge >= 0.3 is 0 Å². The summed E-state index contributed by atoms with van der Waals surface area (Å²) in [5.74, 6) is 0. The minimum absolute atomic E-state index is 0. The van der Waals surface area contributed by atoms with Crippen LogP contribution in [0.4, 0.5) is 0 Å². The number of rotatable bonds is 4. The summed E-state index contributed by atoms with van der Waals surface area (Å²) in [6.07, 6.45) is 3.79. The Bertz CT molecular complexity index is 1180. The van der Waals surface area contributed by atoms with Crippen molar-refractivity contribution >= 4 is 29.4 Å². The van der Waals surface area contributed by atoms with Gasteiger partial charge in [0.2, 0.25) is 0 Å². The lowest BCUT2D eigenvalue weighted by Gasteiger charge is -2.14. The number of nitrogens with zero attached hydrogens (tertiary/aromatic N) is 2. The summed E-state index contributed by atoms with van der Waals surface area (Å²) in [7, 11) is 0. The fourth-order valence-corrected chi connectivity index (χ4v) is 3.92. The molecule has 0 N–H and O–H groups in total. The van der Waals surface area contributed by atoms with E-state index < -0.39 is 0 Å². The Labute approximate surface area is 179 Å². The van der Waals surface area contributed by atoms with Gasteiger partial charge in [0.15, 0.2) is 0 Å². The Morgan fingerprint density at radius 1 is 0.966 bits per heavy atom. The molecule has 0 atom stereocenters. The van der Waals surface area contributed by atoms with E-state index in [0.29, 0.717) is 0 Å². The second-order valence-electron chi connectivity index (χ2n) is 7.61. The third kappa shape index (κ3) is 3.73. The van der Waals surface area contributed by atoms with Crippen LogP contribution in [0.3, 0.4) is 0 Å². The molecule has 0 spiro atoms. The topological polar surface area (TPSA) is 17.8 Å². The molecule has 2 heterocycles. The van der Waals surface area contributed by atoms with Crippen molar-refractivity contribution in [3.8, 4) is 11.3 Å². The van der Waals surface area contributed by atoms with E-state index in [1.807, 2.05) is 12.3 Å². The quantitative estimate of drug-likeness (QED) is 0.357. The van der Waals surface area contributed by atoms with Crippen molar-refractivity contribution in [2.24, 2.45) is 0 Å². The first-order valence-corrected chi connectivity index (χ1v) is 9.73. The maximum absolute atomic E-state index is 4.78. The fraction of sp³-hybridized carbons (Fsp3) is 0.192. The third-order valence-electron chi connectivity index (χ3n) is 5.80. The van der Waals surface area contributed by atoms with Crippen molar-refractivity contribution in [3.05, 3.63) is 94.8 Å². The molecule has 0 unspecified atom stereocenters. The van der Waals surface area contributed by atoms with Crippen LogP contribution < -0.4 is 0 Å². The lowest BCUT2D eigenvalue weighted by atomic mass is 10.0. The number of hydrogen-bond acceptors (Lipinski definition) is 1. The van der Waals surface area contributed by atoms with Crippen LogP contribution in [0.5, 0.6) is 0 Å². The zero-order valence-corrected chi connectivity index (χ0v) is 18.3. The van der Waals surface area contributed by atoms with Crippen molar-refractivity contribution in [2.45, 2.75) is 34.2 Å². The van der Waals surface area contributed by atoms with Gasteiger partial charge in [0.25, 0.3) is 0 Å². The van der Waals surface area contributed by atoms with E-state index in [1.54, 1.807) is 0 Å². The lowest BCUT2D eigenvalue weighted by molar-refractivity contribution is 0.794. The van der Waals surface area contributed by atoms with E-state index in [1.165, 1.54) is 38.9 Å². The summed E-state index contributed by atoms with van der Waals surface area (Å²) in [4.78, 5) is 4.78. The molecule has 0 bridgehead atoms. The summed E-state index contributed by atoms with van der Waals surface area (Å²) >= 11 is 0. The molecule has 0 fully saturated rings. The summed E-state index contributed by atoms with van der Waals surface area (Å²) < 4.78 is 2.43. The zero-order valence-electron chi connectivity index (χ0n) is 17.5. The maximum atomic E-state index is 4.78. The highest BCUT2D eigenvalue weighted by Gasteiger charge is 2.17. The van der Waals surface area contributed by atoms with Crippen LogP contribution >= 0.6 is 12.4 Å². The van der Waals surface area contributed by atoms with Crippen molar-refractivity contribution in [1.82, 2.24) is 9.55 Å². The Morgan fingerprint density at radius 2 is 1.69 bits per heavy atom. The number of aromatic nitrogens is 2. The van der Waals surface area contributed by atoms with Crippen molar-refractivity contribution < 1.29 is 0 Å². The molecule has 2 aromatic carbocycles. The molecule has 0 saturated carbocycles. The number of aryl methyl sites for hydroxylation is 3. The Hall–Kier alpha value is -2.84. The summed E-state index contributed by atoms with van der Waals surface area (Å²) in [5.41, 5.74) is 11.1. The van der Waals surface area contributed by atoms with Crippen LogP contribution in [0.1, 0.15) is 33.5 Å². The lowest BCUT2D eigenvalue weighted by Crippen LogP contribution is -2.05. The van der Waals surface area contributed by atoms with Crippen molar-refractivity contribution in [2.75, 3.05) is 0 Å². The summed E-state index contributed by atoms with van der Waals surface area (Å²) in [6, 6.07) is 17.3. The van der Waals surface area contributed by atoms with E-state index in [2.05, 4.69) is 87.4 Å². The molecule has 2 nitrogen and oxygen atoms in total. The van der Waals surface area contributed by atoms with Gasteiger partial charge in [0.1, 0.15) is 0 Å². The maximum Gasteiger partial charge on any atom is 0.0945 e. The van der Waals surface area contributed by atoms with E-state index in [0.717, 1.165) is 23.4 Å². The van der Waals surface area contributed by atoms with Crippen molar-refractivity contribution in [3.63, 3.8) is 0 Å². The van der Waals surface area contributed by atoms with Gasteiger partial charge in [-0.25, -0.2) is 0 Å². The molecule has 3 heteroatoms. The molecule has 2 aromatic heterocycles. The van der Waals surface area contributed by atoms with Crippen LogP contribution in [0.15, 0.2) is 61.3 Å². The monoisotopic (exact) mass is 402 g/mol. The first-order valence-electron chi connectivity index (χ1n) is 9.73. The van der Waals surface area contributed by atoms with E-state index in [9.17, 15) is 0 Å². The second-order valence-corrected chi connectivity index (χ2v) is 7.61. The van der Waals surface area contributed by atoms with Gasteiger partial charge in [0, 0.05) is 29.4 Å². The van der Waals surface area contributed by atoms with Crippen LogP contribution in [-0.4, -0.2) is 9.55 Å². The van der Waals surface area contributed by atoms with Gasteiger partial charge in [-0.2, -0.15) is 0 Å². The molecule has 4 aromatic rings. The molecule has 0 aliphatic rings. The first-order chi connectivity index (χ1) is 13.5. The third-order valence-corrected chi connectivity index (χ3v) is 5.80. The molecular formula is C26H27ClN2. The molecule has 0 amide bonds. The van der Waals surface area contributed by atoms with Gasteiger partial charge in [-0.15, -0.1) is 12.4 Å². The number of fused-ring (bicyclic) bond motifs is 1. The van der Waals surface area contributed by atoms with Gasteiger partial charge in [-0.3, -0.25) is 4.98 Å².